The highest BCUT2D eigenvalue weighted by atomic mass is 79.9. The molecule has 6 heteroatoms. The zero-order chi connectivity index (χ0) is 22.0. The third kappa shape index (κ3) is 2.99. The fraction of sp³-hybridized carbons (Fsp3) is 0.231. The Morgan fingerprint density at radius 2 is 1.47 bits per heavy atom. The first-order valence-corrected chi connectivity index (χ1v) is 11.9. The quantitative estimate of drug-likeness (QED) is 0.437. The second-order valence-corrected chi connectivity index (χ2v) is 10.1. The minimum absolute atomic E-state index is 0.00250. The average Bonchev–Trinajstić information content (AvgIpc) is 3.26. The molecule has 3 aliphatic heterocycles. The molecule has 32 heavy (non-hydrogen) atoms. The largest absolute Gasteiger partial charge is 0.287 e. The molecule has 3 aliphatic rings. The van der Waals surface area contributed by atoms with E-state index in [1.165, 1.54) is 16.0 Å². The minimum atomic E-state index is -0.404. The Bertz CT molecular complexity index is 1230. The fourth-order valence-electron chi connectivity index (χ4n) is 5.76. The number of carbonyl (C=O) groups excluding carboxylic acids is 2. The van der Waals surface area contributed by atoms with E-state index in [1.54, 1.807) is 24.3 Å². The summed E-state index contributed by atoms with van der Waals surface area (Å²) < 4.78 is 0.993. The van der Waals surface area contributed by atoms with E-state index in [-0.39, 0.29) is 29.8 Å². The van der Waals surface area contributed by atoms with Gasteiger partial charge in [0.15, 0.2) is 0 Å². The molecule has 2 amide bonds. The number of anilines is 1. The summed E-state index contributed by atoms with van der Waals surface area (Å²) in [7, 11) is 0. The van der Waals surface area contributed by atoms with Crippen molar-refractivity contribution < 1.29 is 9.59 Å². The Hall–Kier alpha value is -2.47. The van der Waals surface area contributed by atoms with E-state index in [0.29, 0.717) is 10.7 Å². The Balaban J connectivity index is 1.47. The van der Waals surface area contributed by atoms with Gasteiger partial charge in [0.2, 0.25) is 11.8 Å². The first kappa shape index (κ1) is 20.2. The number of rotatable bonds is 2. The van der Waals surface area contributed by atoms with Gasteiger partial charge in [-0.25, -0.2) is 4.90 Å². The molecule has 3 heterocycles. The molecule has 160 valence electrons. The summed E-state index contributed by atoms with van der Waals surface area (Å²) >= 11 is 9.56. The number of carbonyl (C=O) groups is 2. The topological polar surface area (TPSA) is 40.6 Å². The van der Waals surface area contributed by atoms with Gasteiger partial charge in [0, 0.05) is 28.1 Å². The van der Waals surface area contributed by atoms with E-state index in [0.717, 1.165) is 23.0 Å². The summed E-state index contributed by atoms with van der Waals surface area (Å²) in [4.78, 5) is 31.3. The number of halogens is 2. The third-order valence-corrected chi connectivity index (χ3v) is 7.91. The van der Waals surface area contributed by atoms with Gasteiger partial charge in [-0.05, 0) is 59.5 Å². The van der Waals surface area contributed by atoms with E-state index in [2.05, 4.69) is 57.2 Å². The lowest BCUT2D eigenvalue weighted by Crippen LogP contribution is -2.44. The molecule has 0 N–H and O–H groups in total. The molecule has 2 saturated heterocycles. The van der Waals surface area contributed by atoms with Gasteiger partial charge in [-0.3, -0.25) is 14.5 Å². The number of hydrogen-bond acceptors (Lipinski definition) is 3. The molecule has 0 saturated carbocycles. The normalized spacial score (nSPS) is 26.8. The van der Waals surface area contributed by atoms with Crippen molar-refractivity contribution in [3.8, 4) is 0 Å². The summed E-state index contributed by atoms with van der Waals surface area (Å²) in [6.07, 6.45) is 0.776. The zero-order valence-electron chi connectivity index (χ0n) is 17.1. The SMILES string of the molecule is O=C1[C@@H]2[C@H](C(=O)N1c1ccc(Cl)cc1)[C@H]1Cc3ccccc3CN1[C@@H]2c1ccc(Br)cc1. The van der Waals surface area contributed by atoms with Gasteiger partial charge in [0.1, 0.15) is 0 Å². The number of nitrogens with zero attached hydrogens (tertiary/aromatic N) is 2. The van der Waals surface area contributed by atoms with Gasteiger partial charge in [-0.1, -0.05) is 63.9 Å². The van der Waals surface area contributed by atoms with Crippen molar-refractivity contribution in [2.24, 2.45) is 11.8 Å². The van der Waals surface area contributed by atoms with Crippen molar-refractivity contribution in [3.63, 3.8) is 0 Å². The monoisotopic (exact) mass is 506 g/mol. The van der Waals surface area contributed by atoms with E-state index >= 15 is 0 Å². The Morgan fingerprint density at radius 3 is 2.19 bits per heavy atom. The number of amides is 2. The van der Waals surface area contributed by atoms with Crippen LogP contribution in [0.2, 0.25) is 5.02 Å². The van der Waals surface area contributed by atoms with Gasteiger partial charge < -0.3 is 0 Å². The van der Waals surface area contributed by atoms with Crippen molar-refractivity contribution in [3.05, 3.63) is 99.0 Å². The smallest absolute Gasteiger partial charge is 0.239 e. The highest BCUT2D eigenvalue weighted by Crippen LogP contribution is 2.53. The van der Waals surface area contributed by atoms with Gasteiger partial charge >= 0.3 is 0 Å². The maximum absolute atomic E-state index is 13.8. The number of imide groups is 1. The summed E-state index contributed by atoms with van der Waals surface area (Å²) in [5, 5.41) is 0.579. The van der Waals surface area contributed by atoms with Crippen LogP contribution in [0.3, 0.4) is 0 Å². The predicted octanol–water partition coefficient (Wildman–Crippen LogP) is 5.39. The lowest BCUT2D eigenvalue weighted by molar-refractivity contribution is -0.124. The molecule has 4 nitrogen and oxygen atoms in total. The van der Waals surface area contributed by atoms with Crippen LogP contribution >= 0.6 is 27.5 Å². The average molecular weight is 508 g/mol. The highest BCUT2D eigenvalue weighted by molar-refractivity contribution is 9.10. The second-order valence-electron chi connectivity index (χ2n) is 8.75. The van der Waals surface area contributed by atoms with Crippen molar-refractivity contribution in [2.75, 3.05) is 4.90 Å². The van der Waals surface area contributed by atoms with E-state index in [4.69, 9.17) is 11.6 Å². The standard InChI is InChI=1S/C26H20BrClN2O2/c27-18-7-5-15(6-8-18)24-23-22(21-13-16-3-1-2-4-17(16)14-29(21)24)25(31)30(26(23)32)20-11-9-19(28)10-12-20/h1-12,21-24H,13-14H2/t21-,22-,23-,24-/m1/s1. The Labute approximate surface area is 199 Å². The van der Waals surface area contributed by atoms with Gasteiger partial charge in [0.05, 0.1) is 17.5 Å². The lowest BCUT2D eigenvalue weighted by atomic mass is 9.84. The van der Waals surface area contributed by atoms with Crippen molar-refractivity contribution in [2.45, 2.75) is 25.0 Å². The fourth-order valence-corrected chi connectivity index (χ4v) is 6.15. The molecule has 0 aromatic heterocycles. The van der Waals surface area contributed by atoms with E-state index in [1.807, 2.05) is 12.1 Å². The molecular formula is C26H20BrClN2O2. The van der Waals surface area contributed by atoms with Gasteiger partial charge in [-0.2, -0.15) is 0 Å². The maximum Gasteiger partial charge on any atom is 0.239 e. The first-order chi connectivity index (χ1) is 15.5. The molecule has 4 atom stereocenters. The number of hydrogen-bond donors (Lipinski definition) is 0. The second kappa shape index (κ2) is 7.55. The molecule has 0 aliphatic carbocycles. The maximum atomic E-state index is 13.8. The lowest BCUT2D eigenvalue weighted by Gasteiger charge is -2.38. The van der Waals surface area contributed by atoms with Crippen LogP contribution in [-0.2, 0) is 22.6 Å². The number of fused-ring (bicyclic) bond motifs is 4. The van der Waals surface area contributed by atoms with Crippen LogP contribution in [0.5, 0.6) is 0 Å². The van der Waals surface area contributed by atoms with Crippen LogP contribution < -0.4 is 4.90 Å². The van der Waals surface area contributed by atoms with Crippen molar-refractivity contribution >= 4 is 45.0 Å². The summed E-state index contributed by atoms with van der Waals surface area (Å²) in [5.41, 5.74) is 4.22. The van der Waals surface area contributed by atoms with Crippen LogP contribution in [0.4, 0.5) is 5.69 Å². The molecule has 0 radical (unpaired) electrons. The Kier molecular flexibility index (Phi) is 4.75. The van der Waals surface area contributed by atoms with Crippen LogP contribution in [0.25, 0.3) is 0 Å². The molecule has 0 bridgehead atoms. The van der Waals surface area contributed by atoms with Crippen LogP contribution in [0.1, 0.15) is 22.7 Å². The first-order valence-electron chi connectivity index (χ1n) is 10.7. The summed E-state index contributed by atoms with van der Waals surface area (Å²) in [5.74, 6) is -0.983. The Morgan fingerprint density at radius 1 is 0.812 bits per heavy atom. The molecule has 3 aromatic rings. The van der Waals surface area contributed by atoms with E-state index < -0.39 is 5.92 Å². The molecule has 0 unspecified atom stereocenters. The van der Waals surface area contributed by atoms with Crippen molar-refractivity contribution in [1.29, 1.82) is 0 Å². The zero-order valence-corrected chi connectivity index (χ0v) is 19.5. The van der Waals surface area contributed by atoms with Crippen LogP contribution in [-0.4, -0.2) is 22.8 Å². The predicted molar refractivity (Wildman–Crippen MR) is 127 cm³/mol. The molecule has 6 rings (SSSR count). The number of benzene rings is 3. The van der Waals surface area contributed by atoms with E-state index in [9.17, 15) is 9.59 Å². The summed E-state index contributed by atoms with van der Waals surface area (Å²) in [6, 6.07) is 23.4. The van der Waals surface area contributed by atoms with Gasteiger partial charge in [0.25, 0.3) is 0 Å². The minimum Gasteiger partial charge on any atom is -0.287 e. The van der Waals surface area contributed by atoms with Crippen LogP contribution in [0, 0.1) is 11.8 Å². The van der Waals surface area contributed by atoms with Crippen LogP contribution in [0.15, 0.2) is 77.3 Å². The third-order valence-electron chi connectivity index (χ3n) is 7.13. The molecule has 0 spiro atoms. The molecular weight excluding hydrogens is 488 g/mol. The molecule has 3 aromatic carbocycles. The van der Waals surface area contributed by atoms with Gasteiger partial charge in [-0.15, -0.1) is 0 Å². The van der Waals surface area contributed by atoms with Crippen molar-refractivity contribution in [1.82, 2.24) is 4.90 Å². The summed E-state index contributed by atoms with van der Waals surface area (Å²) in [6.45, 7) is 0.746. The highest BCUT2D eigenvalue weighted by Gasteiger charge is 2.63. The molecule has 2 fully saturated rings.